The predicted octanol–water partition coefficient (Wildman–Crippen LogP) is 5.03. The molecule has 1 amide bonds. The van der Waals surface area contributed by atoms with Crippen molar-refractivity contribution in [2.75, 3.05) is 13.1 Å². The third kappa shape index (κ3) is 3.73. The molecule has 0 atom stereocenters. The van der Waals surface area contributed by atoms with E-state index < -0.39 is 0 Å². The number of carbonyl (C=O) groups is 1. The zero-order chi connectivity index (χ0) is 14.9. The molecule has 0 unspecified atom stereocenters. The number of amides is 1. The molecule has 20 heavy (non-hydrogen) atoms. The topological polar surface area (TPSA) is 20.3 Å². The standard InChI is InChI=1S/C16H19Br2NO/c1-16(2,3)12-4-6-19(7-5-12)15(20)11-8-13(17)10-14(18)9-11/h4,8-10H,5-7H2,1-3H3. The van der Waals surface area contributed by atoms with E-state index in [1.807, 2.05) is 23.1 Å². The first-order valence-corrected chi connectivity index (χ1v) is 8.31. The van der Waals surface area contributed by atoms with E-state index in [1.165, 1.54) is 5.57 Å². The smallest absolute Gasteiger partial charge is 0.254 e. The molecule has 0 radical (unpaired) electrons. The first-order chi connectivity index (χ1) is 9.27. The monoisotopic (exact) mass is 399 g/mol. The molecule has 0 saturated heterocycles. The number of halogens is 2. The molecule has 0 saturated carbocycles. The van der Waals surface area contributed by atoms with Gasteiger partial charge >= 0.3 is 0 Å². The van der Waals surface area contributed by atoms with E-state index >= 15 is 0 Å². The van der Waals surface area contributed by atoms with Crippen LogP contribution in [-0.4, -0.2) is 23.9 Å². The molecule has 0 fully saturated rings. The van der Waals surface area contributed by atoms with Gasteiger partial charge in [-0.2, -0.15) is 0 Å². The fraction of sp³-hybridized carbons (Fsp3) is 0.438. The summed E-state index contributed by atoms with van der Waals surface area (Å²) in [6.07, 6.45) is 3.17. The van der Waals surface area contributed by atoms with Gasteiger partial charge in [0, 0.05) is 27.6 Å². The van der Waals surface area contributed by atoms with Crippen LogP contribution in [0.25, 0.3) is 0 Å². The van der Waals surface area contributed by atoms with Gasteiger partial charge in [-0.05, 0) is 30.0 Å². The molecule has 1 heterocycles. The first-order valence-electron chi connectivity index (χ1n) is 6.72. The Morgan fingerprint density at radius 3 is 2.20 bits per heavy atom. The molecule has 2 nitrogen and oxygen atoms in total. The Labute approximate surface area is 137 Å². The van der Waals surface area contributed by atoms with Crippen molar-refractivity contribution in [3.8, 4) is 0 Å². The van der Waals surface area contributed by atoms with E-state index in [9.17, 15) is 4.79 Å². The lowest BCUT2D eigenvalue weighted by molar-refractivity contribution is 0.0765. The van der Waals surface area contributed by atoms with Gasteiger partial charge in [-0.1, -0.05) is 64.3 Å². The Morgan fingerprint density at radius 2 is 1.75 bits per heavy atom. The van der Waals surface area contributed by atoms with Gasteiger partial charge in [-0.3, -0.25) is 4.79 Å². The van der Waals surface area contributed by atoms with Gasteiger partial charge in [0.15, 0.2) is 0 Å². The van der Waals surface area contributed by atoms with Crippen LogP contribution in [0, 0.1) is 5.41 Å². The zero-order valence-electron chi connectivity index (χ0n) is 12.0. The lowest BCUT2D eigenvalue weighted by Crippen LogP contribution is -2.36. The Hall–Kier alpha value is -0.610. The fourth-order valence-electron chi connectivity index (χ4n) is 2.39. The van der Waals surface area contributed by atoms with Crippen LogP contribution < -0.4 is 0 Å². The van der Waals surface area contributed by atoms with Crippen molar-refractivity contribution < 1.29 is 4.79 Å². The normalized spacial score (nSPS) is 16.1. The highest BCUT2D eigenvalue weighted by Gasteiger charge is 2.24. The van der Waals surface area contributed by atoms with Crippen molar-refractivity contribution in [1.82, 2.24) is 4.90 Å². The predicted molar refractivity (Wildman–Crippen MR) is 89.9 cm³/mol. The fourth-order valence-corrected chi connectivity index (χ4v) is 3.69. The Morgan fingerprint density at radius 1 is 1.15 bits per heavy atom. The van der Waals surface area contributed by atoms with Crippen molar-refractivity contribution in [3.05, 3.63) is 44.4 Å². The summed E-state index contributed by atoms with van der Waals surface area (Å²) in [5.41, 5.74) is 2.37. The lowest BCUT2D eigenvalue weighted by Gasteiger charge is -2.32. The minimum atomic E-state index is 0.0937. The summed E-state index contributed by atoms with van der Waals surface area (Å²) < 4.78 is 1.83. The maximum atomic E-state index is 12.5. The summed E-state index contributed by atoms with van der Waals surface area (Å²) in [4.78, 5) is 14.4. The molecule has 2 rings (SSSR count). The van der Waals surface area contributed by atoms with Gasteiger partial charge in [0.2, 0.25) is 0 Å². The second kappa shape index (κ2) is 6.02. The van der Waals surface area contributed by atoms with Crippen molar-refractivity contribution >= 4 is 37.8 Å². The Kier molecular flexibility index (Phi) is 4.75. The van der Waals surface area contributed by atoms with Crippen molar-refractivity contribution in [3.63, 3.8) is 0 Å². The number of benzene rings is 1. The van der Waals surface area contributed by atoms with Crippen molar-refractivity contribution in [2.45, 2.75) is 27.2 Å². The van der Waals surface area contributed by atoms with Crippen molar-refractivity contribution in [2.24, 2.45) is 5.41 Å². The highest BCUT2D eigenvalue weighted by molar-refractivity contribution is 9.11. The van der Waals surface area contributed by atoms with Crippen LogP contribution in [0.1, 0.15) is 37.6 Å². The number of carbonyl (C=O) groups excluding carboxylic acids is 1. The van der Waals surface area contributed by atoms with E-state index in [0.717, 1.165) is 27.5 Å². The highest BCUT2D eigenvalue weighted by atomic mass is 79.9. The highest BCUT2D eigenvalue weighted by Crippen LogP contribution is 2.30. The second-order valence-electron chi connectivity index (χ2n) is 6.14. The maximum Gasteiger partial charge on any atom is 0.254 e. The molecular weight excluding hydrogens is 382 g/mol. The van der Waals surface area contributed by atoms with Crippen LogP contribution in [0.15, 0.2) is 38.8 Å². The number of nitrogens with zero attached hydrogens (tertiary/aromatic N) is 1. The average molecular weight is 401 g/mol. The van der Waals surface area contributed by atoms with Crippen LogP contribution in [0.3, 0.4) is 0 Å². The van der Waals surface area contributed by atoms with E-state index in [4.69, 9.17) is 0 Å². The minimum absolute atomic E-state index is 0.0937. The van der Waals surface area contributed by atoms with Crippen LogP contribution in [0.5, 0.6) is 0 Å². The summed E-state index contributed by atoms with van der Waals surface area (Å²) in [5, 5.41) is 0. The third-order valence-corrected chi connectivity index (χ3v) is 4.48. The quantitative estimate of drug-likeness (QED) is 0.605. The minimum Gasteiger partial charge on any atom is -0.335 e. The molecule has 1 aliphatic heterocycles. The number of hydrogen-bond acceptors (Lipinski definition) is 1. The maximum absolute atomic E-state index is 12.5. The third-order valence-electron chi connectivity index (χ3n) is 3.57. The second-order valence-corrected chi connectivity index (χ2v) is 7.97. The molecule has 4 heteroatoms. The molecule has 0 aliphatic carbocycles. The van der Waals surface area contributed by atoms with Crippen LogP contribution in [-0.2, 0) is 0 Å². The van der Waals surface area contributed by atoms with Crippen LogP contribution in [0.4, 0.5) is 0 Å². The molecule has 1 aromatic rings. The Bertz CT molecular complexity index is 538. The van der Waals surface area contributed by atoms with E-state index in [0.29, 0.717) is 6.54 Å². The Balaban J connectivity index is 2.14. The number of rotatable bonds is 1. The molecular formula is C16H19Br2NO. The SMILES string of the molecule is CC(C)(C)C1=CCN(C(=O)c2cc(Br)cc(Br)c2)CC1. The van der Waals surface area contributed by atoms with Crippen molar-refractivity contribution in [1.29, 1.82) is 0 Å². The molecule has 1 aromatic carbocycles. The molecule has 0 N–H and O–H groups in total. The summed E-state index contributed by atoms with van der Waals surface area (Å²) in [6.45, 7) is 8.17. The van der Waals surface area contributed by atoms with E-state index in [-0.39, 0.29) is 11.3 Å². The summed E-state index contributed by atoms with van der Waals surface area (Å²) in [6, 6.07) is 5.68. The average Bonchev–Trinajstić information content (AvgIpc) is 2.36. The summed E-state index contributed by atoms with van der Waals surface area (Å²) >= 11 is 6.86. The zero-order valence-corrected chi connectivity index (χ0v) is 15.2. The van der Waals surface area contributed by atoms with Gasteiger partial charge in [-0.15, -0.1) is 0 Å². The van der Waals surface area contributed by atoms with Gasteiger partial charge in [0.1, 0.15) is 0 Å². The largest absolute Gasteiger partial charge is 0.335 e. The molecule has 0 aromatic heterocycles. The van der Waals surface area contributed by atoms with Gasteiger partial charge < -0.3 is 4.90 Å². The summed E-state index contributed by atoms with van der Waals surface area (Å²) in [7, 11) is 0. The molecule has 0 spiro atoms. The van der Waals surface area contributed by atoms with E-state index in [1.54, 1.807) is 0 Å². The first kappa shape index (κ1) is 15.8. The lowest BCUT2D eigenvalue weighted by atomic mass is 9.83. The van der Waals surface area contributed by atoms with Crippen LogP contribution in [0.2, 0.25) is 0 Å². The number of hydrogen-bond donors (Lipinski definition) is 0. The van der Waals surface area contributed by atoms with Gasteiger partial charge in [0.25, 0.3) is 5.91 Å². The molecule has 108 valence electrons. The molecule has 0 bridgehead atoms. The molecule has 1 aliphatic rings. The summed E-state index contributed by atoms with van der Waals surface area (Å²) in [5.74, 6) is 0.0937. The van der Waals surface area contributed by atoms with Gasteiger partial charge in [-0.25, -0.2) is 0 Å². The van der Waals surface area contributed by atoms with Crippen LogP contribution >= 0.6 is 31.9 Å². The van der Waals surface area contributed by atoms with Gasteiger partial charge in [0.05, 0.1) is 0 Å². The van der Waals surface area contributed by atoms with E-state index in [2.05, 4.69) is 58.7 Å².